The Morgan fingerprint density at radius 1 is 1.30 bits per heavy atom. The molecule has 0 fully saturated rings. The molecule has 0 unspecified atom stereocenters. The van der Waals surface area contributed by atoms with E-state index in [1.54, 1.807) is 13.0 Å². The van der Waals surface area contributed by atoms with E-state index >= 15 is 0 Å². The summed E-state index contributed by atoms with van der Waals surface area (Å²) in [6.07, 6.45) is 1.95. The molecular formula is C13H18ClNO4S. The van der Waals surface area contributed by atoms with Crippen molar-refractivity contribution in [3.63, 3.8) is 0 Å². The van der Waals surface area contributed by atoms with Crippen LogP contribution in [0.25, 0.3) is 0 Å². The van der Waals surface area contributed by atoms with E-state index in [4.69, 9.17) is 16.7 Å². The van der Waals surface area contributed by atoms with Crippen molar-refractivity contribution in [2.75, 3.05) is 6.54 Å². The topological polar surface area (TPSA) is 83.5 Å². The molecule has 0 aromatic heterocycles. The molecule has 0 amide bonds. The summed E-state index contributed by atoms with van der Waals surface area (Å²) in [5, 5.41) is 8.97. The number of sulfonamides is 1. The van der Waals surface area contributed by atoms with Crippen LogP contribution >= 0.6 is 11.6 Å². The van der Waals surface area contributed by atoms with E-state index in [1.165, 1.54) is 12.1 Å². The highest BCUT2D eigenvalue weighted by molar-refractivity contribution is 7.89. The van der Waals surface area contributed by atoms with E-state index < -0.39 is 16.0 Å². The summed E-state index contributed by atoms with van der Waals surface area (Å²) in [5.41, 5.74) is 0.593. The van der Waals surface area contributed by atoms with Crippen molar-refractivity contribution in [2.24, 2.45) is 0 Å². The van der Waals surface area contributed by atoms with Crippen LogP contribution in [0.3, 0.4) is 0 Å². The van der Waals surface area contributed by atoms with Gasteiger partial charge in [0.2, 0.25) is 10.0 Å². The summed E-state index contributed by atoms with van der Waals surface area (Å²) >= 11 is 5.79. The van der Waals surface area contributed by atoms with Crippen molar-refractivity contribution < 1.29 is 18.3 Å². The van der Waals surface area contributed by atoms with Crippen LogP contribution < -0.4 is 4.72 Å². The molecule has 20 heavy (non-hydrogen) atoms. The highest BCUT2D eigenvalue weighted by atomic mass is 35.5. The number of hydrogen-bond donors (Lipinski definition) is 2. The quantitative estimate of drug-likeness (QED) is 0.721. The predicted octanol–water partition coefficient (Wildman–Crippen LogP) is 2.57. The Kier molecular flexibility index (Phi) is 6.45. The third kappa shape index (κ3) is 5.48. The summed E-state index contributed by atoms with van der Waals surface area (Å²) < 4.78 is 26.6. The van der Waals surface area contributed by atoms with Gasteiger partial charge in [0.1, 0.15) is 0 Å². The molecule has 0 radical (unpaired) electrons. The number of hydrogen-bond acceptors (Lipinski definition) is 3. The minimum Gasteiger partial charge on any atom is -0.481 e. The van der Waals surface area contributed by atoms with Gasteiger partial charge in [-0.1, -0.05) is 18.0 Å². The summed E-state index contributed by atoms with van der Waals surface area (Å²) in [6, 6.07) is 4.61. The Morgan fingerprint density at radius 3 is 2.60 bits per heavy atom. The number of halogens is 1. The third-order valence-electron chi connectivity index (χ3n) is 2.79. The first-order valence-electron chi connectivity index (χ1n) is 6.30. The number of carboxylic acids is 1. The molecule has 112 valence electrons. The third-order valence-corrected chi connectivity index (χ3v) is 4.64. The summed E-state index contributed by atoms with van der Waals surface area (Å²) in [7, 11) is -3.54. The maximum absolute atomic E-state index is 12.1. The first-order valence-corrected chi connectivity index (χ1v) is 8.16. The Morgan fingerprint density at radius 2 is 2.00 bits per heavy atom. The molecule has 1 aromatic rings. The highest BCUT2D eigenvalue weighted by Gasteiger charge is 2.15. The Bertz CT molecular complexity index is 572. The monoisotopic (exact) mass is 319 g/mol. The molecule has 0 saturated carbocycles. The van der Waals surface area contributed by atoms with Gasteiger partial charge in [-0.3, -0.25) is 4.79 Å². The van der Waals surface area contributed by atoms with Gasteiger partial charge in [0, 0.05) is 18.0 Å². The zero-order valence-electron chi connectivity index (χ0n) is 11.2. The molecule has 0 aliphatic heterocycles. The van der Waals surface area contributed by atoms with Crippen LogP contribution in [-0.2, 0) is 14.8 Å². The number of aliphatic carboxylic acids is 1. The van der Waals surface area contributed by atoms with Gasteiger partial charge in [-0.05, 0) is 43.5 Å². The first kappa shape index (κ1) is 16.9. The van der Waals surface area contributed by atoms with Crippen LogP contribution in [0.15, 0.2) is 23.1 Å². The number of aryl methyl sites for hydroxylation is 1. The number of rotatable bonds is 8. The van der Waals surface area contributed by atoms with Crippen LogP contribution in [0, 0.1) is 6.92 Å². The Hall–Kier alpha value is -1.11. The largest absolute Gasteiger partial charge is 0.481 e. The molecule has 1 rings (SSSR count). The van der Waals surface area contributed by atoms with Gasteiger partial charge in [-0.25, -0.2) is 13.1 Å². The normalized spacial score (nSPS) is 11.5. The number of unbranched alkanes of at least 4 members (excludes halogenated alkanes) is 2. The maximum atomic E-state index is 12.1. The first-order chi connectivity index (χ1) is 9.33. The van der Waals surface area contributed by atoms with E-state index in [2.05, 4.69) is 4.72 Å². The molecule has 0 saturated heterocycles. The zero-order chi connectivity index (χ0) is 15.2. The van der Waals surface area contributed by atoms with Gasteiger partial charge in [0.05, 0.1) is 4.90 Å². The molecular weight excluding hydrogens is 302 g/mol. The number of carbonyl (C=O) groups is 1. The zero-order valence-corrected chi connectivity index (χ0v) is 12.8. The molecule has 0 aliphatic rings. The number of carboxylic acid groups (broad SMARTS) is 1. The number of nitrogens with one attached hydrogen (secondary N) is 1. The molecule has 0 spiro atoms. The van der Waals surface area contributed by atoms with Crippen LogP contribution in [-0.4, -0.2) is 26.0 Å². The van der Waals surface area contributed by atoms with Gasteiger partial charge in [0.15, 0.2) is 0 Å². The van der Waals surface area contributed by atoms with Crippen LogP contribution in [0.4, 0.5) is 0 Å². The summed E-state index contributed by atoms with van der Waals surface area (Å²) in [6.45, 7) is 1.98. The van der Waals surface area contributed by atoms with Gasteiger partial charge in [0.25, 0.3) is 0 Å². The molecule has 7 heteroatoms. The lowest BCUT2D eigenvalue weighted by Crippen LogP contribution is -2.25. The van der Waals surface area contributed by atoms with E-state index in [9.17, 15) is 13.2 Å². The summed E-state index contributed by atoms with van der Waals surface area (Å²) in [5.74, 6) is -0.831. The van der Waals surface area contributed by atoms with Crippen molar-refractivity contribution >= 4 is 27.6 Å². The smallest absolute Gasteiger partial charge is 0.303 e. The molecule has 0 heterocycles. The van der Waals surface area contributed by atoms with E-state index in [-0.39, 0.29) is 11.3 Å². The molecule has 0 atom stereocenters. The standard InChI is InChI=1S/C13H18ClNO4S/c1-10-9-11(14)6-7-12(10)20(18,19)15-8-4-2-3-5-13(16)17/h6-7,9,15H,2-5,8H2,1H3,(H,16,17). The molecule has 0 bridgehead atoms. The van der Waals surface area contributed by atoms with Crippen LogP contribution in [0.5, 0.6) is 0 Å². The van der Waals surface area contributed by atoms with E-state index in [0.29, 0.717) is 36.4 Å². The lowest BCUT2D eigenvalue weighted by molar-refractivity contribution is -0.137. The van der Waals surface area contributed by atoms with Crippen molar-refractivity contribution in [1.29, 1.82) is 0 Å². The molecule has 1 aromatic carbocycles. The van der Waals surface area contributed by atoms with Crippen molar-refractivity contribution in [3.05, 3.63) is 28.8 Å². The molecule has 5 nitrogen and oxygen atoms in total. The summed E-state index contributed by atoms with van der Waals surface area (Å²) in [4.78, 5) is 10.5. The van der Waals surface area contributed by atoms with E-state index in [1.807, 2.05) is 0 Å². The lowest BCUT2D eigenvalue weighted by atomic mass is 10.2. The van der Waals surface area contributed by atoms with Crippen LogP contribution in [0.2, 0.25) is 5.02 Å². The second-order valence-corrected chi connectivity index (χ2v) is 6.68. The molecule has 2 N–H and O–H groups in total. The fraction of sp³-hybridized carbons (Fsp3) is 0.462. The van der Waals surface area contributed by atoms with Crippen molar-refractivity contribution in [3.8, 4) is 0 Å². The van der Waals surface area contributed by atoms with Crippen LogP contribution in [0.1, 0.15) is 31.2 Å². The average molecular weight is 320 g/mol. The van der Waals surface area contributed by atoms with E-state index in [0.717, 1.165) is 0 Å². The highest BCUT2D eigenvalue weighted by Crippen LogP contribution is 2.19. The van der Waals surface area contributed by atoms with Gasteiger partial charge >= 0.3 is 5.97 Å². The second kappa shape index (κ2) is 7.61. The lowest BCUT2D eigenvalue weighted by Gasteiger charge is -2.09. The Balaban J connectivity index is 2.48. The fourth-order valence-electron chi connectivity index (χ4n) is 1.78. The maximum Gasteiger partial charge on any atom is 0.303 e. The van der Waals surface area contributed by atoms with Gasteiger partial charge in [-0.15, -0.1) is 0 Å². The van der Waals surface area contributed by atoms with Crippen molar-refractivity contribution in [1.82, 2.24) is 4.72 Å². The SMILES string of the molecule is Cc1cc(Cl)ccc1S(=O)(=O)NCCCCCC(=O)O. The van der Waals surface area contributed by atoms with Crippen molar-refractivity contribution in [2.45, 2.75) is 37.5 Å². The van der Waals surface area contributed by atoms with Gasteiger partial charge in [-0.2, -0.15) is 0 Å². The average Bonchev–Trinajstić information content (AvgIpc) is 2.32. The minimum absolute atomic E-state index is 0.114. The molecule has 0 aliphatic carbocycles. The second-order valence-electron chi connectivity index (χ2n) is 4.51. The minimum atomic E-state index is -3.54. The Labute approximate surface area is 124 Å². The fourth-order valence-corrected chi connectivity index (χ4v) is 3.30. The van der Waals surface area contributed by atoms with Gasteiger partial charge < -0.3 is 5.11 Å². The predicted molar refractivity (Wildman–Crippen MR) is 77.5 cm³/mol. The number of benzene rings is 1.